The van der Waals surface area contributed by atoms with Gasteiger partial charge in [0.2, 0.25) is 5.95 Å². The summed E-state index contributed by atoms with van der Waals surface area (Å²) in [5, 5.41) is 21.9. The van der Waals surface area contributed by atoms with Crippen LogP contribution in [-0.4, -0.2) is 30.4 Å². The number of tetrazole rings is 1. The Hall–Kier alpha value is -3.59. The van der Waals surface area contributed by atoms with Gasteiger partial charge in [-0.3, -0.25) is 4.79 Å². The predicted molar refractivity (Wildman–Crippen MR) is 100 cm³/mol. The third-order valence-corrected chi connectivity index (χ3v) is 4.93. The number of anilines is 2. The van der Waals surface area contributed by atoms with Crippen LogP contribution in [0.1, 0.15) is 17.2 Å². The van der Waals surface area contributed by atoms with Gasteiger partial charge in [-0.1, -0.05) is 34.9 Å². The molecule has 0 unspecified atom stereocenters. The molecular weight excluding hydrogens is 385 g/mol. The highest BCUT2D eigenvalue weighted by Gasteiger charge is 2.35. The lowest BCUT2D eigenvalue weighted by Crippen LogP contribution is -2.29. The first-order chi connectivity index (χ1) is 13.6. The number of aromatic nitrogens is 6. The number of hydrogen-bond donors (Lipinski definition) is 2. The number of nitrogens with zero attached hydrogens (tertiary/aromatic N) is 5. The van der Waals surface area contributed by atoms with Crippen molar-refractivity contribution in [1.29, 1.82) is 0 Å². The van der Waals surface area contributed by atoms with Gasteiger partial charge in [0.15, 0.2) is 0 Å². The normalized spacial score (nSPS) is 14.9. The molecule has 1 aliphatic rings. The number of hydrogen-bond acceptors (Lipinski definition) is 6. The molecule has 0 amide bonds. The predicted octanol–water partition coefficient (Wildman–Crippen LogP) is 2.91. The Morgan fingerprint density at radius 3 is 2.68 bits per heavy atom. The summed E-state index contributed by atoms with van der Waals surface area (Å²) in [6.45, 7) is 0. The Morgan fingerprint density at radius 2 is 1.89 bits per heavy atom. The minimum Gasteiger partial charge on any atom is -0.318 e. The summed E-state index contributed by atoms with van der Waals surface area (Å²) in [4.78, 5) is 12.5. The maximum Gasteiger partial charge on any atom is 0.288 e. The van der Waals surface area contributed by atoms with Crippen LogP contribution in [0.25, 0.3) is 11.3 Å². The highest BCUT2D eigenvalue weighted by Crippen LogP contribution is 2.42. The van der Waals surface area contributed by atoms with Gasteiger partial charge in [-0.15, -0.1) is 0 Å². The highest BCUT2D eigenvalue weighted by molar-refractivity contribution is 6.31. The van der Waals surface area contributed by atoms with Gasteiger partial charge in [-0.25, -0.2) is 9.49 Å². The van der Waals surface area contributed by atoms with E-state index in [-0.39, 0.29) is 11.5 Å². The fraction of sp³-hybridized carbons (Fsp3) is 0.0556. The molecule has 28 heavy (non-hydrogen) atoms. The molecule has 0 radical (unpaired) electrons. The van der Waals surface area contributed by atoms with Crippen LogP contribution >= 0.6 is 11.6 Å². The molecule has 4 aromatic rings. The van der Waals surface area contributed by atoms with Crippen LogP contribution in [-0.2, 0) is 0 Å². The Bertz CT molecular complexity index is 1250. The van der Waals surface area contributed by atoms with Gasteiger partial charge in [0, 0.05) is 21.7 Å². The van der Waals surface area contributed by atoms with Crippen LogP contribution in [0.5, 0.6) is 0 Å². The van der Waals surface area contributed by atoms with E-state index in [4.69, 9.17) is 11.6 Å². The molecule has 2 aromatic carbocycles. The first-order valence-electron chi connectivity index (χ1n) is 8.31. The number of H-pyrrole nitrogens is 1. The molecule has 0 saturated carbocycles. The second-order valence-electron chi connectivity index (χ2n) is 6.19. The van der Waals surface area contributed by atoms with Gasteiger partial charge in [-0.05, 0) is 40.8 Å². The number of rotatable bonds is 2. The van der Waals surface area contributed by atoms with Gasteiger partial charge >= 0.3 is 0 Å². The number of halogens is 2. The van der Waals surface area contributed by atoms with Gasteiger partial charge < -0.3 is 5.32 Å². The van der Waals surface area contributed by atoms with Crippen LogP contribution in [0.4, 0.5) is 16.0 Å². The quantitative estimate of drug-likeness (QED) is 0.476. The van der Waals surface area contributed by atoms with Gasteiger partial charge in [0.1, 0.15) is 17.5 Å². The summed E-state index contributed by atoms with van der Waals surface area (Å²) in [5.74, 6) is -0.0650. The first kappa shape index (κ1) is 16.6. The maximum absolute atomic E-state index is 13.4. The van der Waals surface area contributed by atoms with Gasteiger partial charge in [-0.2, -0.15) is 9.78 Å². The molecule has 5 rings (SSSR count). The first-order valence-corrected chi connectivity index (χ1v) is 8.69. The Morgan fingerprint density at radius 1 is 1.11 bits per heavy atom. The number of benzene rings is 2. The van der Waals surface area contributed by atoms with Gasteiger partial charge in [0.25, 0.3) is 5.56 Å². The average molecular weight is 396 g/mol. The molecule has 138 valence electrons. The SMILES string of the molecule is O=c1[nH]nc(-c2ccc(F)cc2)c2c1Nc1nnnn1[C@@H]2c1ccccc1Cl. The van der Waals surface area contributed by atoms with E-state index in [1.165, 1.54) is 16.8 Å². The molecule has 0 fully saturated rings. The summed E-state index contributed by atoms with van der Waals surface area (Å²) in [7, 11) is 0. The van der Waals surface area contributed by atoms with Crippen LogP contribution < -0.4 is 10.9 Å². The van der Waals surface area contributed by atoms with Crippen LogP contribution in [0, 0.1) is 5.82 Å². The van der Waals surface area contributed by atoms with E-state index >= 15 is 0 Å². The second kappa shape index (κ2) is 6.24. The van der Waals surface area contributed by atoms with Crippen molar-refractivity contribution in [1.82, 2.24) is 30.4 Å². The molecule has 0 saturated heterocycles. The van der Waals surface area contributed by atoms with Crippen molar-refractivity contribution in [3.63, 3.8) is 0 Å². The largest absolute Gasteiger partial charge is 0.318 e. The summed E-state index contributed by atoms with van der Waals surface area (Å²) in [6.07, 6.45) is 0. The van der Waals surface area contributed by atoms with E-state index in [1.807, 2.05) is 18.2 Å². The zero-order valence-electron chi connectivity index (χ0n) is 14.1. The van der Waals surface area contributed by atoms with Crippen LogP contribution in [0.15, 0.2) is 53.3 Å². The van der Waals surface area contributed by atoms with Crippen molar-refractivity contribution in [2.75, 3.05) is 5.32 Å². The monoisotopic (exact) mass is 395 g/mol. The van der Waals surface area contributed by atoms with Gasteiger partial charge in [0.05, 0.1) is 5.69 Å². The van der Waals surface area contributed by atoms with E-state index in [9.17, 15) is 9.18 Å². The third-order valence-electron chi connectivity index (χ3n) is 4.59. The molecule has 0 aliphatic carbocycles. The van der Waals surface area contributed by atoms with Crippen molar-refractivity contribution in [3.05, 3.63) is 80.9 Å². The summed E-state index contributed by atoms with van der Waals surface area (Å²) in [6, 6.07) is 12.5. The minimum atomic E-state index is -0.593. The van der Waals surface area contributed by atoms with Crippen molar-refractivity contribution in [2.24, 2.45) is 0 Å². The third kappa shape index (κ3) is 2.48. The molecule has 1 aliphatic heterocycles. The topological polar surface area (TPSA) is 101 Å². The Kier molecular flexibility index (Phi) is 3.69. The zero-order valence-corrected chi connectivity index (χ0v) is 14.9. The van der Waals surface area contributed by atoms with E-state index in [2.05, 4.69) is 31.0 Å². The van der Waals surface area contributed by atoms with Crippen LogP contribution in [0.2, 0.25) is 5.02 Å². The van der Waals surface area contributed by atoms with Crippen molar-refractivity contribution >= 4 is 23.2 Å². The fourth-order valence-electron chi connectivity index (χ4n) is 3.35. The van der Waals surface area contributed by atoms with E-state index in [0.29, 0.717) is 33.4 Å². The van der Waals surface area contributed by atoms with E-state index in [0.717, 1.165) is 0 Å². The zero-order chi connectivity index (χ0) is 19.3. The molecule has 2 aromatic heterocycles. The van der Waals surface area contributed by atoms with Crippen LogP contribution in [0.3, 0.4) is 0 Å². The summed E-state index contributed by atoms with van der Waals surface area (Å²) >= 11 is 6.46. The molecular formula is C18H11ClFN7O. The summed E-state index contributed by atoms with van der Waals surface area (Å²) < 4.78 is 15.0. The van der Waals surface area contributed by atoms with Crippen molar-refractivity contribution < 1.29 is 4.39 Å². The Labute approximate surface area is 162 Å². The molecule has 3 heterocycles. The number of fused-ring (bicyclic) bond motifs is 2. The lowest BCUT2D eigenvalue weighted by Gasteiger charge is -2.28. The van der Waals surface area contributed by atoms with Crippen molar-refractivity contribution in [3.8, 4) is 11.3 Å². The van der Waals surface area contributed by atoms with E-state index in [1.54, 1.807) is 18.2 Å². The minimum absolute atomic E-state index is 0.265. The standard InChI is InChI=1S/C18H11ClFN7O/c19-12-4-2-1-3-11(12)16-13-14(9-5-7-10(20)8-6-9)22-23-17(28)15(13)21-18-24-25-26-27(16)18/h1-8,16H,(H,23,28)(H,21,24,26)/t16-/m1/s1. The maximum atomic E-state index is 13.4. The molecule has 1 atom stereocenters. The summed E-state index contributed by atoms with van der Waals surface area (Å²) in [5.41, 5.74) is 2.19. The molecule has 2 N–H and O–H groups in total. The highest BCUT2D eigenvalue weighted by atomic mass is 35.5. The fourth-order valence-corrected chi connectivity index (χ4v) is 3.59. The second-order valence-corrected chi connectivity index (χ2v) is 6.60. The van der Waals surface area contributed by atoms with Crippen molar-refractivity contribution in [2.45, 2.75) is 6.04 Å². The van der Waals surface area contributed by atoms with E-state index < -0.39 is 11.6 Å². The molecule has 10 heteroatoms. The molecule has 0 bridgehead atoms. The number of aromatic amines is 1. The lowest BCUT2D eigenvalue weighted by atomic mass is 9.92. The number of nitrogens with one attached hydrogen (secondary N) is 2. The Balaban J connectivity index is 1.84. The lowest BCUT2D eigenvalue weighted by molar-refractivity contribution is 0.567. The molecule has 8 nitrogen and oxygen atoms in total. The smallest absolute Gasteiger partial charge is 0.288 e. The average Bonchev–Trinajstić information content (AvgIpc) is 3.17. The molecule has 0 spiro atoms.